The molecule has 0 unspecified atom stereocenters. The third-order valence-corrected chi connectivity index (χ3v) is 2.21. The van der Waals surface area contributed by atoms with Gasteiger partial charge in [-0.3, -0.25) is 4.98 Å². The van der Waals surface area contributed by atoms with Crippen LogP contribution in [0.5, 0.6) is 5.75 Å². The molecular formula is C11H10F3N5O. The van der Waals surface area contributed by atoms with Crippen LogP contribution >= 0.6 is 0 Å². The lowest BCUT2D eigenvalue weighted by molar-refractivity contribution is -0.153. The van der Waals surface area contributed by atoms with Gasteiger partial charge in [-0.25, -0.2) is 5.84 Å². The highest BCUT2D eigenvalue weighted by Gasteiger charge is 2.28. The summed E-state index contributed by atoms with van der Waals surface area (Å²) < 4.78 is 40.5. The van der Waals surface area contributed by atoms with Crippen LogP contribution in [0.25, 0.3) is 11.4 Å². The van der Waals surface area contributed by atoms with Gasteiger partial charge < -0.3 is 10.2 Å². The summed E-state index contributed by atoms with van der Waals surface area (Å²) in [4.78, 5) is 3.96. The Morgan fingerprint density at radius 3 is 2.35 bits per heavy atom. The molecule has 0 radical (unpaired) electrons. The van der Waals surface area contributed by atoms with Crippen molar-refractivity contribution in [2.75, 3.05) is 12.0 Å². The number of hydrogen-bond donors (Lipinski definition) is 2. The van der Waals surface area contributed by atoms with Crippen LogP contribution < -0.4 is 16.0 Å². The van der Waals surface area contributed by atoms with E-state index in [2.05, 4.69) is 25.3 Å². The van der Waals surface area contributed by atoms with Crippen molar-refractivity contribution >= 4 is 5.82 Å². The van der Waals surface area contributed by atoms with Crippen molar-refractivity contribution in [1.29, 1.82) is 0 Å². The molecule has 2 heterocycles. The minimum atomic E-state index is -4.38. The number of nitrogen functional groups attached to an aromatic ring is 1. The number of rotatable bonds is 4. The summed E-state index contributed by atoms with van der Waals surface area (Å²) in [5.74, 6) is 5.57. The minimum Gasteiger partial charge on any atom is -0.483 e. The van der Waals surface area contributed by atoms with Gasteiger partial charge >= 0.3 is 6.18 Å². The topological polar surface area (TPSA) is 86.0 Å². The van der Waals surface area contributed by atoms with Crippen LogP contribution in [0.2, 0.25) is 0 Å². The number of ether oxygens (including phenoxy) is 1. The molecule has 0 aliphatic carbocycles. The molecule has 0 saturated carbocycles. The molecule has 6 nitrogen and oxygen atoms in total. The number of nitrogens with zero attached hydrogens (tertiary/aromatic N) is 3. The predicted octanol–water partition coefficient (Wildman–Crippen LogP) is 1.77. The highest BCUT2D eigenvalue weighted by molar-refractivity contribution is 5.55. The van der Waals surface area contributed by atoms with Crippen molar-refractivity contribution in [3.63, 3.8) is 0 Å². The molecule has 0 spiro atoms. The maximum absolute atomic E-state index is 12.0. The van der Waals surface area contributed by atoms with Gasteiger partial charge in [0, 0.05) is 0 Å². The van der Waals surface area contributed by atoms with E-state index in [1.54, 1.807) is 12.1 Å². The van der Waals surface area contributed by atoms with Gasteiger partial charge in [-0.15, -0.1) is 10.2 Å². The first-order valence-corrected chi connectivity index (χ1v) is 5.44. The Kier molecular flexibility index (Phi) is 3.99. The predicted molar refractivity (Wildman–Crippen MR) is 64.6 cm³/mol. The van der Waals surface area contributed by atoms with E-state index < -0.39 is 12.8 Å². The third-order valence-electron chi connectivity index (χ3n) is 2.21. The van der Waals surface area contributed by atoms with Crippen LogP contribution in [-0.2, 0) is 0 Å². The zero-order valence-electron chi connectivity index (χ0n) is 10.1. The van der Waals surface area contributed by atoms with E-state index in [0.29, 0.717) is 17.2 Å². The number of halogens is 3. The van der Waals surface area contributed by atoms with Crippen LogP contribution in [0.1, 0.15) is 0 Å². The summed E-state index contributed by atoms with van der Waals surface area (Å²) in [7, 11) is 0. The van der Waals surface area contributed by atoms with Gasteiger partial charge in [0.25, 0.3) is 0 Å². The fourth-order valence-corrected chi connectivity index (χ4v) is 1.33. The van der Waals surface area contributed by atoms with Gasteiger partial charge in [0.2, 0.25) is 0 Å². The first-order valence-electron chi connectivity index (χ1n) is 5.44. The molecular weight excluding hydrogens is 275 g/mol. The van der Waals surface area contributed by atoms with E-state index in [1.807, 2.05) is 0 Å². The first kappa shape index (κ1) is 14.0. The SMILES string of the molecule is NNc1ccc(-c2ccc(OCC(F)(F)F)cn2)nn1. The van der Waals surface area contributed by atoms with E-state index >= 15 is 0 Å². The van der Waals surface area contributed by atoms with Crippen molar-refractivity contribution in [1.82, 2.24) is 15.2 Å². The lowest BCUT2D eigenvalue weighted by atomic mass is 10.2. The van der Waals surface area contributed by atoms with Crippen LogP contribution in [-0.4, -0.2) is 28.0 Å². The summed E-state index contributed by atoms with van der Waals surface area (Å²) in [6.07, 6.45) is -3.19. The molecule has 0 aromatic carbocycles. The maximum Gasteiger partial charge on any atom is 0.422 e. The van der Waals surface area contributed by atoms with Crippen molar-refractivity contribution in [3.8, 4) is 17.1 Å². The summed E-state index contributed by atoms with van der Waals surface area (Å²) in [6, 6.07) is 6.09. The molecule has 9 heteroatoms. The Balaban J connectivity index is 2.07. The van der Waals surface area contributed by atoms with E-state index in [4.69, 9.17) is 5.84 Å². The van der Waals surface area contributed by atoms with Crippen LogP contribution in [0.3, 0.4) is 0 Å². The molecule has 0 aliphatic rings. The van der Waals surface area contributed by atoms with Gasteiger partial charge in [-0.05, 0) is 24.3 Å². The number of nitrogens with one attached hydrogen (secondary N) is 1. The Hall–Kier alpha value is -2.42. The summed E-state index contributed by atoms with van der Waals surface area (Å²) in [5.41, 5.74) is 3.25. The highest BCUT2D eigenvalue weighted by atomic mass is 19.4. The largest absolute Gasteiger partial charge is 0.483 e. The number of hydrogen-bond acceptors (Lipinski definition) is 6. The molecule has 0 bridgehead atoms. The van der Waals surface area contributed by atoms with Crippen LogP contribution in [0, 0.1) is 0 Å². The zero-order valence-corrected chi connectivity index (χ0v) is 10.1. The van der Waals surface area contributed by atoms with Gasteiger partial charge in [0.05, 0.1) is 11.9 Å². The van der Waals surface area contributed by atoms with Crippen molar-refractivity contribution in [3.05, 3.63) is 30.5 Å². The minimum absolute atomic E-state index is 0.0271. The quantitative estimate of drug-likeness (QED) is 0.657. The zero-order chi connectivity index (χ0) is 14.6. The molecule has 3 N–H and O–H groups in total. The molecule has 0 saturated heterocycles. The van der Waals surface area contributed by atoms with Gasteiger partial charge in [0.15, 0.2) is 12.4 Å². The van der Waals surface area contributed by atoms with Crippen molar-refractivity contribution < 1.29 is 17.9 Å². The van der Waals surface area contributed by atoms with E-state index in [0.717, 1.165) is 0 Å². The summed E-state index contributed by atoms with van der Waals surface area (Å²) in [5, 5.41) is 7.62. The number of nitrogens with two attached hydrogens (primary N) is 1. The van der Waals surface area contributed by atoms with Crippen molar-refractivity contribution in [2.24, 2.45) is 5.84 Å². The lowest BCUT2D eigenvalue weighted by Gasteiger charge is -2.08. The molecule has 0 fully saturated rings. The van der Waals surface area contributed by atoms with Gasteiger partial charge in [0.1, 0.15) is 11.4 Å². The first-order chi connectivity index (χ1) is 9.48. The van der Waals surface area contributed by atoms with E-state index in [9.17, 15) is 13.2 Å². The van der Waals surface area contributed by atoms with Gasteiger partial charge in [-0.1, -0.05) is 0 Å². The standard InChI is InChI=1S/C11H10F3N5O/c12-11(13,14)6-20-7-1-2-8(16-5-7)9-3-4-10(17-15)19-18-9/h1-5H,6,15H2,(H,17,19). The van der Waals surface area contributed by atoms with Crippen molar-refractivity contribution in [2.45, 2.75) is 6.18 Å². The Morgan fingerprint density at radius 2 is 1.85 bits per heavy atom. The normalized spacial score (nSPS) is 11.2. The number of aromatic nitrogens is 3. The number of hydrazine groups is 1. The monoisotopic (exact) mass is 285 g/mol. The highest BCUT2D eigenvalue weighted by Crippen LogP contribution is 2.20. The van der Waals surface area contributed by atoms with Crippen LogP contribution in [0.15, 0.2) is 30.5 Å². The third kappa shape index (κ3) is 3.79. The average molecular weight is 285 g/mol. The smallest absolute Gasteiger partial charge is 0.422 e. The number of alkyl halides is 3. The number of anilines is 1. The fourth-order valence-electron chi connectivity index (χ4n) is 1.33. The molecule has 2 rings (SSSR count). The van der Waals surface area contributed by atoms with Gasteiger partial charge in [-0.2, -0.15) is 13.2 Å². The second-order valence-corrected chi connectivity index (χ2v) is 3.73. The Morgan fingerprint density at radius 1 is 1.10 bits per heavy atom. The maximum atomic E-state index is 12.0. The van der Waals surface area contributed by atoms with E-state index in [-0.39, 0.29) is 5.75 Å². The second-order valence-electron chi connectivity index (χ2n) is 3.73. The molecule has 0 atom stereocenters. The molecule has 2 aromatic rings. The number of pyridine rings is 1. The molecule has 106 valence electrons. The molecule has 0 aliphatic heterocycles. The summed E-state index contributed by atoms with van der Waals surface area (Å²) >= 11 is 0. The molecule has 2 aromatic heterocycles. The summed E-state index contributed by atoms with van der Waals surface area (Å²) in [6.45, 7) is -1.36. The van der Waals surface area contributed by atoms with Crippen LogP contribution in [0.4, 0.5) is 19.0 Å². The Bertz CT molecular complexity index is 556. The lowest BCUT2D eigenvalue weighted by Crippen LogP contribution is -2.19. The van der Waals surface area contributed by atoms with E-state index in [1.165, 1.54) is 18.3 Å². The Labute approximate surface area is 111 Å². The molecule has 20 heavy (non-hydrogen) atoms. The second kappa shape index (κ2) is 5.70. The fraction of sp³-hybridized carbons (Fsp3) is 0.182. The average Bonchev–Trinajstić information content (AvgIpc) is 2.45. The molecule has 0 amide bonds.